The summed E-state index contributed by atoms with van der Waals surface area (Å²) in [5, 5.41) is 5.72. The number of likely N-dealkylation sites (N-methyl/N-ethyl adjacent to an activating group) is 1. The van der Waals surface area contributed by atoms with Crippen molar-refractivity contribution in [3.63, 3.8) is 0 Å². The van der Waals surface area contributed by atoms with Gasteiger partial charge in [-0.2, -0.15) is 0 Å². The molecule has 2 amide bonds. The predicted octanol–water partition coefficient (Wildman–Crippen LogP) is 0.710. The molecule has 0 radical (unpaired) electrons. The summed E-state index contributed by atoms with van der Waals surface area (Å²) in [6.07, 6.45) is 0.601. The Morgan fingerprint density at radius 3 is 2.58 bits per heavy atom. The molecule has 3 rings (SSSR count). The summed E-state index contributed by atoms with van der Waals surface area (Å²) >= 11 is 0. The van der Waals surface area contributed by atoms with Crippen LogP contribution in [0.1, 0.15) is 6.42 Å². The number of rotatable bonds is 6. The number of ether oxygens (including phenoxy) is 2. The second kappa shape index (κ2) is 7.09. The van der Waals surface area contributed by atoms with E-state index in [-0.39, 0.29) is 23.7 Å². The maximum absolute atomic E-state index is 12.3. The first-order chi connectivity index (χ1) is 11.5. The lowest BCUT2D eigenvalue weighted by molar-refractivity contribution is -0.125. The molecular weight excluding hydrogens is 310 g/mol. The molecule has 0 saturated heterocycles. The van der Waals surface area contributed by atoms with Crippen LogP contribution in [-0.4, -0.2) is 57.1 Å². The lowest BCUT2D eigenvalue weighted by Gasteiger charge is -2.19. The number of anilines is 1. The highest BCUT2D eigenvalue weighted by Crippen LogP contribution is 2.40. The standard InChI is InChI=1S/C17H23N3O4/c1-20(2)6-5-18-16(21)12-10-13(12)17(22)19-11-3-4-14-15(9-11)24-8-7-23-14/h3-4,9,12-13H,5-8,10H2,1-2H3,(H,18,21)(H,19,22). The van der Waals surface area contributed by atoms with Gasteiger partial charge in [0.2, 0.25) is 11.8 Å². The van der Waals surface area contributed by atoms with Gasteiger partial charge in [-0.15, -0.1) is 0 Å². The average molecular weight is 333 g/mol. The first-order valence-corrected chi connectivity index (χ1v) is 8.17. The minimum absolute atomic E-state index is 0.0424. The highest BCUT2D eigenvalue weighted by molar-refractivity contribution is 5.99. The van der Waals surface area contributed by atoms with E-state index in [2.05, 4.69) is 10.6 Å². The summed E-state index contributed by atoms with van der Waals surface area (Å²) in [5.41, 5.74) is 0.655. The molecule has 0 spiro atoms. The Hall–Kier alpha value is -2.28. The van der Waals surface area contributed by atoms with Crippen molar-refractivity contribution in [2.45, 2.75) is 6.42 Å². The lowest BCUT2D eigenvalue weighted by atomic mass is 10.2. The number of hydrogen-bond acceptors (Lipinski definition) is 5. The number of carbonyl (C=O) groups excluding carboxylic acids is 2. The van der Waals surface area contributed by atoms with Crippen molar-refractivity contribution in [2.75, 3.05) is 45.7 Å². The Balaban J connectivity index is 1.49. The van der Waals surface area contributed by atoms with E-state index in [0.717, 1.165) is 6.54 Å². The molecule has 1 saturated carbocycles. The molecule has 0 aromatic heterocycles. The summed E-state index contributed by atoms with van der Waals surface area (Å²) in [5.74, 6) is 0.678. The van der Waals surface area contributed by atoms with Gasteiger partial charge >= 0.3 is 0 Å². The van der Waals surface area contributed by atoms with E-state index in [0.29, 0.717) is 43.4 Å². The van der Waals surface area contributed by atoms with Crippen molar-refractivity contribution in [1.82, 2.24) is 10.2 Å². The zero-order chi connectivity index (χ0) is 17.1. The van der Waals surface area contributed by atoms with Gasteiger partial charge in [0.05, 0.1) is 11.8 Å². The molecule has 1 heterocycles. The number of nitrogens with zero attached hydrogens (tertiary/aromatic N) is 1. The summed E-state index contributed by atoms with van der Waals surface area (Å²) < 4.78 is 11.0. The average Bonchev–Trinajstić information content (AvgIpc) is 3.35. The molecule has 2 aliphatic rings. The third-order valence-corrected chi connectivity index (χ3v) is 4.13. The fourth-order valence-corrected chi connectivity index (χ4v) is 2.66. The van der Waals surface area contributed by atoms with Crippen LogP contribution < -0.4 is 20.1 Å². The van der Waals surface area contributed by atoms with Crippen LogP contribution in [0.15, 0.2) is 18.2 Å². The minimum atomic E-state index is -0.252. The van der Waals surface area contributed by atoms with Crippen molar-refractivity contribution in [1.29, 1.82) is 0 Å². The van der Waals surface area contributed by atoms with Crippen LogP contribution in [0, 0.1) is 11.8 Å². The molecule has 24 heavy (non-hydrogen) atoms. The number of hydrogen-bond donors (Lipinski definition) is 2. The number of carbonyl (C=O) groups is 2. The maximum atomic E-state index is 12.3. The normalized spacial score (nSPS) is 21.3. The Bertz CT molecular complexity index is 632. The topological polar surface area (TPSA) is 79.9 Å². The number of nitrogens with one attached hydrogen (secondary N) is 2. The Morgan fingerprint density at radius 1 is 1.12 bits per heavy atom. The Morgan fingerprint density at radius 2 is 1.83 bits per heavy atom. The molecule has 0 bridgehead atoms. The van der Waals surface area contributed by atoms with Gasteiger partial charge in [0, 0.05) is 24.8 Å². The molecule has 2 unspecified atom stereocenters. The molecule has 1 aliphatic carbocycles. The van der Waals surface area contributed by atoms with Crippen LogP contribution in [0.25, 0.3) is 0 Å². The molecule has 1 aliphatic heterocycles. The summed E-state index contributed by atoms with van der Waals surface area (Å²) in [4.78, 5) is 26.3. The predicted molar refractivity (Wildman–Crippen MR) is 89.2 cm³/mol. The van der Waals surface area contributed by atoms with E-state index in [4.69, 9.17) is 9.47 Å². The molecule has 1 aromatic rings. The lowest BCUT2D eigenvalue weighted by Crippen LogP contribution is -2.33. The van der Waals surface area contributed by atoms with E-state index in [1.165, 1.54) is 0 Å². The van der Waals surface area contributed by atoms with Crippen LogP contribution in [0.4, 0.5) is 5.69 Å². The molecule has 130 valence electrons. The summed E-state index contributed by atoms with van der Waals surface area (Å²) in [7, 11) is 3.90. The molecule has 2 N–H and O–H groups in total. The largest absolute Gasteiger partial charge is 0.486 e. The smallest absolute Gasteiger partial charge is 0.228 e. The Labute approximate surface area is 141 Å². The summed E-state index contributed by atoms with van der Waals surface area (Å²) in [6.45, 7) is 2.42. The van der Waals surface area contributed by atoms with Gasteiger partial charge in [-0.05, 0) is 32.6 Å². The van der Waals surface area contributed by atoms with Crippen LogP contribution in [-0.2, 0) is 9.59 Å². The van der Waals surface area contributed by atoms with E-state index in [9.17, 15) is 9.59 Å². The van der Waals surface area contributed by atoms with E-state index < -0.39 is 0 Å². The van der Waals surface area contributed by atoms with Crippen molar-refractivity contribution in [3.05, 3.63) is 18.2 Å². The molecule has 1 fully saturated rings. The van der Waals surface area contributed by atoms with Gasteiger partial charge in [0.25, 0.3) is 0 Å². The Kier molecular flexibility index (Phi) is 4.89. The number of benzene rings is 1. The zero-order valence-electron chi connectivity index (χ0n) is 14.0. The molecular formula is C17H23N3O4. The number of fused-ring (bicyclic) bond motifs is 1. The highest BCUT2D eigenvalue weighted by atomic mass is 16.6. The monoisotopic (exact) mass is 333 g/mol. The van der Waals surface area contributed by atoms with Gasteiger partial charge in [-0.1, -0.05) is 0 Å². The van der Waals surface area contributed by atoms with E-state index >= 15 is 0 Å². The second-order valence-corrected chi connectivity index (χ2v) is 6.39. The molecule has 2 atom stereocenters. The molecule has 1 aromatic carbocycles. The van der Waals surface area contributed by atoms with Crippen molar-refractivity contribution < 1.29 is 19.1 Å². The second-order valence-electron chi connectivity index (χ2n) is 6.39. The van der Waals surface area contributed by atoms with Gasteiger partial charge in [0.1, 0.15) is 13.2 Å². The molecule has 7 heteroatoms. The maximum Gasteiger partial charge on any atom is 0.228 e. The first-order valence-electron chi connectivity index (χ1n) is 8.17. The quantitative estimate of drug-likeness (QED) is 0.801. The van der Waals surface area contributed by atoms with Crippen molar-refractivity contribution >= 4 is 17.5 Å². The number of amides is 2. The fraction of sp³-hybridized carbons (Fsp3) is 0.529. The first kappa shape index (κ1) is 16.6. The van der Waals surface area contributed by atoms with Gasteiger partial charge in [0.15, 0.2) is 11.5 Å². The van der Waals surface area contributed by atoms with E-state index in [1.54, 1.807) is 18.2 Å². The summed E-state index contributed by atoms with van der Waals surface area (Å²) in [6, 6.07) is 5.31. The zero-order valence-corrected chi connectivity index (χ0v) is 14.0. The van der Waals surface area contributed by atoms with Gasteiger partial charge < -0.3 is 25.0 Å². The third-order valence-electron chi connectivity index (χ3n) is 4.13. The van der Waals surface area contributed by atoms with Crippen LogP contribution >= 0.6 is 0 Å². The fourth-order valence-electron chi connectivity index (χ4n) is 2.66. The van der Waals surface area contributed by atoms with Crippen molar-refractivity contribution in [2.24, 2.45) is 11.8 Å². The minimum Gasteiger partial charge on any atom is -0.486 e. The van der Waals surface area contributed by atoms with Crippen LogP contribution in [0.5, 0.6) is 11.5 Å². The molecule has 7 nitrogen and oxygen atoms in total. The highest BCUT2D eigenvalue weighted by Gasteiger charge is 2.47. The van der Waals surface area contributed by atoms with Crippen molar-refractivity contribution in [3.8, 4) is 11.5 Å². The van der Waals surface area contributed by atoms with Gasteiger partial charge in [-0.25, -0.2) is 0 Å². The van der Waals surface area contributed by atoms with Crippen LogP contribution in [0.2, 0.25) is 0 Å². The van der Waals surface area contributed by atoms with Gasteiger partial charge in [-0.3, -0.25) is 9.59 Å². The SMILES string of the molecule is CN(C)CCNC(=O)C1CC1C(=O)Nc1ccc2c(c1)OCCO2. The third kappa shape index (κ3) is 3.97. The van der Waals surface area contributed by atoms with Crippen LogP contribution in [0.3, 0.4) is 0 Å². The van der Waals surface area contributed by atoms with E-state index in [1.807, 2.05) is 19.0 Å².